The fourth-order valence-electron chi connectivity index (χ4n) is 1.36. The smallest absolute Gasteiger partial charge is 0.252 e. The maximum Gasteiger partial charge on any atom is 0.252 e. The molecule has 18 heavy (non-hydrogen) atoms. The lowest BCUT2D eigenvalue weighted by Gasteiger charge is -2.06. The van der Waals surface area contributed by atoms with E-state index in [-0.39, 0.29) is 11.7 Å². The summed E-state index contributed by atoms with van der Waals surface area (Å²) in [5, 5.41) is 2.72. The highest BCUT2D eigenvalue weighted by molar-refractivity contribution is 14.1. The predicted molar refractivity (Wildman–Crippen MR) is 72.3 cm³/mol. The van der Waals surface area contributed by atoms with Crippen molar-refractivity contribution in [3.05, 3.63) is 57.4 Å². The fraction of sp³-hybridized carbons (Fsp3) is 0.0833. The van der Waals surface area contributed by atoms with Gasteiger partial charge in [-0.15, -0.1) is 0 Å². The Labute approximate surface area is 117 Å². The van der Waals surface area contributed by atoms with Gasteiger partial charge < -0.3 is 5.32 Å². The molecule has 0 aliphatic carbocycles. The van der Waals surface area contributed by atoms with Crippen molar-refractivity contribution < 1.29 is 9.18 Å². The van der Waals surface area contributed by atoms with Gasteiger partial charge in [0, 0.05) is 9.77 Å². The average molecular weight is 357 g/mol. The molecule has 2 rings (SSSR count). The van der Waals surface area contributed by atoms with Crippen LogP contribution >= 0.6 is 22.6 Å². The second kappa shape index (κ2) is 5.85. The molecule has 0 bridgehead atoms. The molecule has 1 aromatic heterocycles. The molecule has 0 unspecified atom stereocenters. The second-order valence-electron chi connectivity index (χ2n) is 3.51. The number of rotatable bonds is 3. The molecule has 1 amide bonds. The van der Waals surface area contributed by atoms with Gasteiger partial charge in [0.1, 0.15) is 12.1 Å². The standard InChI is InChI=1S/C12H9FIN3O/c13-8-1-2-10(11(14)5-8)12(18)16-6-9-3-4-15-7-17-9/h1-5,7H,6H2,(H,16,18). The molecule has 4 nitrogen and oxygen atoms in total. The van der Waals surface area contributed by atoms with E-state index in [1.807, 2.05) is 22.6 Å². The maximum atomic E-state index is 12.9. The van der Waals surface area contributed by atoms with E-state index in [0.29, 0.717) is 15.7 Å². The molecule has 0 saturated heterocycles. The van der Waals surface area contributed by atoms with E-state index in [4.69, 9.17) is 0 Å². The molecular formula is C12H9FIN3O. The first-order valence-corrected chi connectivity index (χ1v) is 6.23. The molecule has 0 aliphatic rings. The highest BCUT2D eigenvalue weighted by atomic mass is 127. The number of carbonyl (C=O) groups excluding carboxylic acids is 1. The van der Waals surface area contributed by atoms with Gasteiger partial charge in [0.05, 0.1) is 17.8 Å². The van der Waals surface area contributed by atoms with Crippen molar-refractivity contribution in [1.29, 1.82) is 0 Å². The summed E-state index contributed by atoms with van der Waals surface area (Å²) in [6, 6.07) is 5.77. The van der Waals surface area contributed by atoms with Crippen LogP contribution in [0.5, 0.6) is 0 Å². The Hall–Kier alpha value is -1.57. The molecule has 0 aliphatic heterocycles. The van der Waals surface area contributed by atoms with Gasteiger partial charge in [-0.1, -0.05) is 0 Å². The quantitative estimate of drug-likeness (QED) is 0.857. The third-order valence-corrected chi connectivity index (χ3v) is 3.14. The highest BCUT2D eigenvalue weighted by Gasteiger charge is 2.10. The second-order valence-corrected chi connectivity index (χ2v) is 4.67. The first kappa shape index (κ1) is 12.9. The van der Waals surface area contributed by atoms with Crippen LogP contribution in [0.15, 0.2) is 36.8 Å². The SMILES string of the molecule is O=C(NCc1ccncn1)c1ccc(F)cc1I. The molecule has 92 valence electrons. The van der Waals surface area contributed by atoms with E-state index >= 15 is 0 Å². The molecular weight excluding hydrogens is 348 g/mol. The summed E-state index contributed by atoms with van der Waals surface area (Å²) in [6.45, 7) is 0.314. The summed E-state index contributed by atoms with van der Waals surface area (Å²) < 4.78 is 13.5. The minimum Gasteiger partial charge on any atom is -0.346 e. The number of halogens is 2. The Morgan fingerprint density at radius 1 is 1.39 bits per heavy atom. The minimum atomic E-state index is -0.355. The topological polar surface area (TPSA) is 54.9 Å². The maximum absolute atomic E-state index is 12.9. The predicted octanol–water partition coefficient (Wildman–Crippen LogP) is 2.15. The van der Waals surface area contributed by atoms with Crippen molar-refractivity contribution in [2.24, 2.45) is 0 Å². The molecule has 0 atom stereocenters. The van der Waals surface area contributed by atoms with E-state index in [2.05, 4.69) is 15.3 Å². The van der Waals surface area contributed by atoms with Gasteiger partial charge in [-0.2, -0.15) is 0 Å². The molecule has 2 aromatic rings. The number of benzene rings is 1. The zero-order valence-corrected chi connectivity index (χ0v) is 11.4. The normalized spacial score (nSPS) is 10.1. The number of hydrogen-bond donors (Lipinski definition) is 1. The Kier molecular flexibility index (Phi) is 4.19. The van der Waals surface area contributed by atoms with Crippen LogP contribution in [-0.4, -0.2) is 15.9 Å². The lowest BCUT2D eigenvalue weighted by atomic mass is 10.2. The van der Waals surface area contributed by atoms with Crippen molar-refractivity contribution in [3.63, 3.8) is 0 Å². The van der Waals surface area contributed by atoms with E-state index in [1.54, 1.807) is 12.3 Å². The van der Waals surface area contributed by atoms with Gasteiger partial charge in [0.15, 0.2) is 0 Å². The van der Waals surface area contributed by atoms with E-state index in [0.717, 1.165) is 5.69 Å². The Bertz CT molecular complexity index is 563. The monoisotopic (exact) mass is 357 g/mol. The van der Waals surface area contributed by atoms with Crippen LogP contribution in [-0.2, 0) is 6.54 Å². The number of carbonyl (C=O) groups is 1. The summed E-state index contributed by atoms with van der Waals surface area (Å²) in [7, 11) is 0. The van der Waals surface area contributed by atoms with Crippen LogP contribution < -0.4 is 5.32 Å². The summed E-state index contributed by atoms with van der Waals surface area (Å²) in [6.07, 6.45) is 3.03. The summed E-state index contributed by atoms with van der Waals surface area (Å²) in [5.74, 6) is -0.607. The molecule has 0 spiro atoms. The fourth-order valence-corrected chi connectivity index (χ4v) is 2.08. The largest absolute Gasteiger partial charge is 0.346 e. The van der Waals surface area contributed by atoms with Crippen molar-refractivity contribution in [3.8, 4) is 0 Å². The molecule has 1 N–H and O–H groups in total. The summed E-state index contributed by atoms with van der Waals surface area (Å²) in [4.78, 5) is 19.6. The molecule has 1 heterocycles. The van der Waals surface area contributed by atoms with Crippen molar-refractivity contribution >= 4 is 28.5 Å². The first-order chi connectivity index (χ1) is 8.66. The molecule has 0 saturated carbocycles. The Morgan fingerprint density at radius 2 is 2.22 bits per heavy atom. The van der Waals surface area contributed by atoms with Crippen molar-refractivity contribution in [2.75, 3.05) is 0 Å². The van der Waals surface area contributed by atoms with Gasteiger partial charge in [0.2, 0.25) is 0 Å². The third-order valence-electron chi connectivity index (χ3n) is 2.25. The lowest BCUT2D eigenvalue weighted by Crippen LogP contribution is -2.24. The number of nitrogens with zero attached hydrogens (tertiary/aromatic N) is 2. The zero-order chi connectivity index (χ0) is 13.0. The summed E-state index contributed by atoms with van der Waals surface area (Å²) >= 11 is 1.93. The Balaban J connectivity index is 2.04. The number of aromatic nitrogens is 2. The van der Waals surface area contributed by atoms with Crippen molar-refractivity contribution in [1.82, 2.24) is 15.3 Å². The number of hydrogen-bond acceptors (Lipinski definition) is 3. The van der Waals surface area contributed by atoms with Gasteiger partial charge in [0.25, 0.3) is 5.91 Å². The van der Waals surface area contributed by atoms with Crippen LogP contribution in [0, 0.1) is 9.39 Å². The molecule has 0 radical (unpaired) electrons. The van der Waals surface area contributed by atoms with Gasteiger partial charge >= 0.3 is 0 Å². The molecule has 1 aromatic carbocycles. The van der Waals surface area contributed by atoms with Crippen LogP contribution in [0.25, 0.3) is 0 Å². The average Bonchev–Trinajstić information content (AvgIpc) is 2.37. The Morgan fingerprint density at radius 3 is 2.89 bits per heavy atom. The van der Waals surface area contributed by atoms with Crippen LogP contribution in [0.4, 0.5) is 4.39 Å². The zero-order valence-electron chi connectivity index (χ0n) is 9.23. The van der Waals surface area contributed by atoms with E-state index in [1.165, 1.54) is 24.5 Å². The van der Waals surface area contributed by atoms with Crippen molar-refractivity contribution in [2.45, 2.75) is 6.54 Å². The third kappa shape index (κ3) is 3.22. The van der Waals surface area contributed by atoms with E-state index in [9.17, 15) is 9.18 Å². The summed E-state index contributed by atoms with van der Waals surface area (Å²) in [5.41, 5.74) is 1.17. The molecule has 6 heteroatoms. The van der Waals surface area contributed by atoms with Gasteiger partial charge in [-0.25, -0.2) is 14.4 Å². The number of amides is 1. The number of nitrogens with one attached hydrogen (secondary N) is 1. The highest BCUT2D eigenvalue weighted by Crippen LogP contribution is 2.13. The van der Waals surface area contributed by atoms with Crippen LogP contribution in [0.2, 0.25) is 0 Å². The van der Waals surface area contributed by atoms with E-state index < -0.39 is 0 Å². The minimum absolute atomic E-state index is 0.252. The first-order valence-electron chi connectivity index (χ1n) is 5.15. The van der Waals surface area contributed by atoms with Crippen LogP contribution in [0.3, 0.4) is 0 Å². The van der Waals surface area contributed by atoms with Gasteiger partial charge in [-0.3, -0.25) is 4.79 Å². The van der Waals surface area contributed by atoms with Gasteiger partial charge in [-0.05, 0) is 46.9 Å². The lowest BCUT2D eigenvalue weighted by molar-refractivity contribution is 0.0949. The molecule has 0 fully saturated rings. The van der Waals surface area contributed by atoms with Crippen LogP contribution in [0.1, 0.15) is 16.1 Å².